The number of nitrogens with two attached hydrogens (primary N) is 1. The van der Waals surface area contributed by atoms with E-state index in [2.05, 4.69) is 26.6 Å². The second-order valence-corrected chi connectivity index (χ2v) is 23.5. The fraction of sp³-hybridized carbons (Fsp3) is 0.385. The largest absolute Gasteiger partial charge is 0.458 e. The van der Waals surface area contributed by atoms with Gasteiger partial charge in [-0.1, -0.05) is 85.8 Å². The number of aryl methyl sites for hydroxylation is 1. The first-order valence-corrected chi connectivity index (χ1v) is 29.4. The fourth-order valence-corrected chi connectivity index (χ4v) is 12.4. The Bertz CT molecular complexity index is 3820. The third-order valence-corrected chi connectivity index (χ3v) is 16.6. The predicted molar refractivity (Wildman–Crippen MR) is 319 cm³/mol. The predicted octanol–water partition coefficient (Wildman–Crippen LogP) is 5.39. The van der Waals surface area contributed by atoms with Gasteiger partial charge in [0.25, 0.3) is 5.56 Å². The SMILES string of the molecule is CC[C@@]1(O)C(=O)OCc2c1cc1n(c2=O)Cc2c-1nc1cc(F)c(C)c3c1c2[C@@H](N(CC(=O)NC(=O)OC(C)(C)C)C(=O)[C@H](Cc1ccccc1)NC(=O)CNC(=O)CNC(=O)[C@H](CCCCN)NC(=O)OCC1c2ccccc2-c2ccccc21)CC3. The maximum absolute atomic E-state index is 16.0. The van der Waals surface area contributed by atoms with Gasteiger partial charge in [-0.25, -0.2) is 23.8 Å². The van der Waals surface area contributed by atoms with Crippen LogP contribution in [0.2, 0.25) is 0 Å². The summed E-state index contributed by atoms with van der Waals surface area (Å²) < 4.78 is 33.8. The zero-order chi connectivity index (χ0) is 62.8. The van der Waals surface area contributed by atoms with Crippen molar-refractivity contribution in [3.63, 3.8) is 0 Å². The van der Waals surface area contributed by atoms with Crippen LogP contribution in [0.5, 0.6) is 0 Å². The van der Waals surface area contributed by atoms with Crippen LogP contribution in [-0.2, 0) is 74.6 Å². The van der Waals surface area contributed by atoms with Gasteiger partial charge >= 0.3 is 18.2 Å². The maximum Gasteiger partial charge on any atom is 0.414 e. The van der Waals surface area contributed by atoms with E-state index in [1.807, 2.05) is 48.5 Å². The highest BCUT2D eigenvalue weighted by molar-refractivity contribution is 5.99. The van der Waals surface area contributed by atoms with Crippen LogP contribution in [0.25, 0.3) is 33.4 Å². The number of benzene rings is 4. The molecule has 6 aromatic rings. The number of carbonyl (C=O) groups excluding carboxylic acids is 8. The molecule has 0 spiro atoms. The molecule has 0 bridgehead atoms. The molecule has 460 valence electrons. The number of halogens is 1. The topological polar surface area (TPSA) is 309 Å². The number of aromatic nitrogens is 2. The number of nitrogens with one attached hydrogen (secondary N) is 5. The number of ether oxygens (including phenoxy) is 3. The van der Waals surface area contributed by atoms with Crippen molar-refractivity contribution in [2.45, 2.75) is 128 Å². The molecular weight excluding hydrogens is 1130 g/mol. The van der Waals surface area contributed by atoms with Crippen molar-refractivity contribution in [1.82, 2.24) is 41.0 Å². The first-order valence-electron chi connectivity index (χ1n) is 29.4. The van der Waals surface area contributed by atoms with Crippen LogP contribution in [-0.4, -0.2) is 118 Å². The van der Waals surface area contributed by atoms with Gasteiger partial charge in [-0.3, -0.25) is 34.1 Å². The molecular formula is C65H70FN9O13. The lowest BCUT2D eigenvalue weighted by Gasteiger charge is -2.38. The van der Waals surface area contributed by atoms with Crippen LogP contribution >= 0.6 is 0 Å². The van der Waals surface area contributed by atoms with Crippen molar-refractivity contribution in [2.75, 3.05) is 32.8 Å². The van der Waals surface area contributed by atoms with Crippen LogP contribution in [0, 0.1) is 12.7 Å². The Hall–Kier alpha value is -9.35. The van der Waals surface area contributed by atoms with Crippen LogP contribution in [0.4, 0.5) is 14.0 Å². The van der Waals surface area contributed by atoms with Gasteiger partial charge in [0, 0.05) is 34.9 Å². The summed E-state index contributed by atoms with van der Waals surface area (Å²) >= 11 is 0. The van der Waals surface area contributed by atoms with Gasteiger partial charge in [-0.15, -0.1) is 0 Å². The molecule has 0 saturated carbocycles. The summed E-state index contributed by atoms with van der Waals surface area (Å²) in [5.41, 5.74) is 9.03. The van der Waals surface area contributed by atoms with Gasteiger partial charge in [-0.2, -0.15) is 0 Å². The van der Waals surface area contributed by atoms with E-state index in [-0.39, 0.29) is 79.2 Å². The molecule has 22 nitrogen and oxygen atoms in total. The molecule has 0 radical (unpaired) electrons. The molecule has 4 aromatic carbocycles. The molecule has 4 aliphatic rings. The minimum absolute atomic E-state index is 0.00257. The first-order chi connectivity index (χ1) is 42.1. The lowest BCUT2D eigenvalue weighted by molar-refractivity contribution is -0.172. The zero-order valence-electron chi connectivity index (χ0n) is 49.5. The molecule has 4 atom stereocenters. The van der Waals surface area contributed by atoms with Gasteiger partial charge in [0.2, 0.25) is 29.5 Å². The highest BCUT2D eigenvalue weighted by Crippen LogP contribution is 2.48. The standard InChI is InChI=1S/C65H70FN9O13/c1-6-65(85)45-27-51-57-42(31-74(51)59(80)44(45)34-86-61(65)82)56-50(24-23-37-35(2)46(66)28-48(71-57)55(37)56)75(32-54(78)73-63(84)88-64(3,4)5)60(81)49(26-36-16-8-7-9-17-36)70-53(77)30-68-52(76)29-69-58(79)47(22-14-15-25-67)72-62(83)87-33-43-40-20-12-10-18-38(40)39-19-11-13-21-41(39)43/h7-13,16-21,27-28,43,47,49-50,85H,6,14-15,22-26,29-34,67H2,1-5H3,(H,68,76)(H,69,79)(H,70,77)(H,72,83)(H,73,78,84)/t47-,49-,50-,65-/m0/s1. The Morgan fingerprint density at radius 1 is 0.852 bits per heavy atom. The molecule has 88 heavy (non-hydrogen) atoms. The zero-order valence-corrected chi connectivity index (χ0v) is 49.5. The highest BCUT2D eigenvalue weighted by atomic mass is 19.1. The molecule has 2 aliphatic carbocycles. The third kappa shape index (κ3) is 12.6. The van der Waals surface area contributed by atoms with E-state index in [1.54, 1.807) is 65.0 Å². The second-order valence-electron chi connectivity index (χ2n) is 23.5. The molecule has 2 aromatic heterocycles. The summed E-state index contributed by atoms with van der Waals surface area (Å²) in [6.07, 6.45) is -0.790. The van der Waals surface area contributed by atoms with Crippen molar-refractivity contribution in [2.24, 2.45) is 5.73 Å². The number of nitrogens with zero attached hydrogens (tertiary/aromatic N) is 3. The van der Waals surface area contributed by atoms with Gasteiger partial charge in [-0.05, 0) is 123 Å². The van der Waals surface area contributed by atoms with E-state index in [0.717, 1.165) is 22.3 Å². The lowest BCUT2D eigenvalue weighted by atomic mass is 9.80. The number of esters is 1. The number of hydrogen-bond donors (Lipinski definition) is 7. The summed E-state index contributed by atoms with van der Waals surface area (Å²) in [5, 5.41) is 24.7. The smallest absolute Gasteiger partial charge is 0.414 e. The van der Waals surface area contributed by atoms with Gasteiger partial charge in [0.1, 0.15) is 43.3 Å². The Morgan fingerprint density at radius 2 is 1.53 bits per heavy atom. The van der Waals surface area contributed by atoms with Crippen molar-refractivity contribution >= 4 is 58.6 Å². The van der Waals surface area contributed by atoms with Crippen molar-refractivity contribution in [1.29, 1.82) is 0 Å². The number of hydrogen-bond acceptors (Lipinski definition) is 15. The van der Waals surface area contributed by atoms with Gasteiger partial charge in [0.05, 0.1) is 48.1 Å². The Morgan fingerprint density at radius 3 is 2.22 bits per heavy atom. The van der Waals surface area contributed by atoms with E-state index in [4.69, 9.17) is 24.9 Å². The highest BCUT2D eigenvalue weighted by Gasteiger charge is 2.47. The van der Waals surface area contributed by atoms with Crippen LogP contribution < -0.4 is 37.9 Å². The van der Waals surface area contributed by atoms with Crippen LogP contribution in [0.15, 0.2) is 95.8 Å². The molecule has 0 fully saturated rings. The molecule has 8 N–H and O–H groups in total. The Kier molecular flexibility index (Phi) is 17.9. The number of aliphatic hydroxyl groups is 1. The van der Waals surface area contributed by atoms with Crippen molar-refractivity contribution in [3.05, 3.63) is 157 Å². The molecule has 10 rings (SSSR count). The van der Waals surface area contributed by atoms with E-state index in [1.165, 1.54) is 21.6 Å². The van der Waals surface area contributed by atoms with Crippen LogP contribution in [0.3, 0.4) is 0 Å². The average Bonchev–Trinajstić information content (AvgIpc) is 1.53. The number of imide groups is 1. The van der Waals surface area contributed by atoms with Crippen molar-refractivity contribution < 1.29 is 62.1 Å². The minimum Gasteiger partial charge on any atom is -0.458 e. The minimum atomic E-state index is -2.17. The normalized spacial score (nSPS) is 16.7. The number of rotatable bonds is 20. The number of pyridine rings is 2. The summed E-state index contributed by atoms with van der Waals surface area (Å²) in [4.78, 5) is 131. The number of alkyl carbamates (subject to hydrolysis) is 2. The van der Waals surface area contributed by atoms with Gasteiger partial charge in [0.15, 0.2) is 5.60 Å². The van der Waals surface area contributed by atoms with Crippen molar-refractivity contribution in [3.8, 4) is 22.5 Å². The number of carbonyl (C=O) groups is 8. The van der Waals surface area contributed by atoms with E-state index < -0.39 is 115 Å². The molecule has 2 aliphatic heterocycles. The Balaban J connectivity index is 0.897. The summed E-state index contributed by atoms with van der Waals surface area (Å²) in [7, 11) is 0. The molecule has 0 unspecified atom stereocenters. The summed E-state index contributed by atoms with van der Waals surface area (Å²) in [6.45, 7) is 5.70. The average molecular weight is 1200 g/mol. The number of cyclic esters (lactones) is 1. The first kappa shape index (κ1) is 61.7. The quantitative estimate of drug-likeness (QED) is 0.0286. The number of unbranched alkanes of at least 4 members (excludes halogenated alkanes) is 1. The third-order valence-electron chi connectivity index (χ3n) is 16.6. The number of amides is 7. The summed E-state index contributed by atoms with van der Waals surface area (Å²) in [6, 6.07) is 23.5. The molecule has 0 saturated heterocycles. The van der Waals surface area contributed by atoms with Gasteiger partial charge < -0.3 is 55.8 Å². The monoisotopic (exact) mass is 1200 g/mol. The van der Waals surface area contributed by atoms with Crippen LogP contribution in [0.1, 0.15) is 122 Å². The Labute approximate surface area is 506 Å². The van der Waals surface area contributed by atoms with E-state index in [9.17, 15) is 43.5 Å². The lowest BCUT2D eigenvalue weighted by Crippen LogP contribution is -2.55. The fourth-order valence-electron chi connectivity index (χ4n) is 12.4. The van der Waals surface area contributed by atoms with E-state index in [0.29, 0.717) is 52.6 Å². The molecule has 4 heterocycles. The maximum atomic E-state index is 16.0. The summed E-state index contributed by atoms with van der Waals surface area (Å²) in [5.74, 6) is -5.83. The number of fused-ring (bicyclic) bond motifs is 8. The molecule has 7 amide bonds. The van der Waals surface area contributed by atoms with E-state index >= 15 is 9.18 Å². The molecule has 23 heteroatoms. The second kappa shape index (κ2) is 25.5.